The van der Waals surface area contributed by atoms with Crippen LogP contribution in [0.3, 0.4) is 0 Å². The number of sulfone groups is 1. The Balaban J connectivity index is 1.54. The highest BCUT2D eigenvalue weighted by molar-refractivity contribution is 7.92. The first-order chi connectivity index (χ1) is 13.5. The van der Waals surface area contributed by atoms with Crippen molar-refractivity contribution in [3.63, 3.8) is 0 Å². The van der Waals surface area contributed by atoms with Crippen molar-refractivity contribution in [3.05, 3.63) is 76.9 Å². The van der Waals surface area contributed by atoms with Gasteiger partial charge in [0.05, 0.1) is 10.3 Å². The molecule has 0 saturated heterocycles. The summed E-state index contributed by atoms with van der Waals surface area (Å²) in [6.45, 7) is 0. The summed E-state index contributed by atoms with van der Waals surface area (Å²) in [5.74, 6) is 0.803. The Labute approximate surface area is 168 Å². The molecule has 2 fully saturated rings. The van der Waals surface area contributed by atoms with Crippen LogP contribution in [0.5, 0.6) is 0 Å². The Hall–Kier alpha value is -2.18. The molecule has 0 spiro atoms. The van der Waals surface area contributed by atoms with Gasteiger partial charge in [0.2, 0.25) is 5.89 Å². The normalized spacial score (nSPS) is 19.8. The second-order valence-electron chi connectivity index (χ2n) is 7.68. The molecule has 0 aliphatic heterocycles. The third-order valence-corrected chi connectivity index (χ3v) is 8.88. The van der Waals surface area contributed by atoms with E-state index in [1.807, 2.05) is 18.2 Å². The first-order valence-electron chi connectivity index (χ1n) is 9.38. The molecule has 3 aromatic rings. The maximum Gasteiger partial charge on any atom is 0.248 e. The summed E-state index contributed by atoms with van der Waals surface area (Å²) >= 11 is 5.91. The van der Waals surface area contributed by atoms with E-state index < -0.39 is 14.6 Å². The zero-order valence-electron chi connectivity index (χ0n) is 15.1. The Morgan fingerprint density at radius 3 is 2.18 bits per heavy atom. The Morgan fingerprint density at radius 2 is 1.61 bits per heavy atom. The highest BCUT2D eigenvalue weighted by atomic mass is 35.5. The van der Waals surface area contributed by atoms with Gasteiger partial charge < -0.3 is 4.52 Å². The van der Waals surface area contributed by atoms with Gasteiger partial charge >= 0.3 is 0 Å². The molecular weight excluding hydrogens is 396 g/mol. The van der Waals surface area contributed by atoms with Gasteiger partial charge in [0.15, 0.2) is 20.4 Å². The van der Waals surface area contributed by atoms with E-state index in [9.17, 15) is 8.42 Å². The topological polar surface area (TPSA) is 73.1 Å². The van der Waals surface area contributed by atoms with E-state index in [4.69, 9.17) is 16.1 Å². The minimum Gasteiger partial charge on any atom is -0.338 e. The smallest absolute Gasteiger partial charge is 0.248 e. The summed E-state index contributed by atoms with van der Waals surface area (Å²) in [5.41, 5.74) is 0.877. The van der Waals surface area contributed by atoms with Gasteiger partial charge in [0.1, 0.15) is 0 Å². The monoisotopic (exact) mass is 414 g/mol. The van der Waals surface area contributed by atoms with E-state index in [0.717, 1.165) is 24.8 Å². The first-order valence-corrected chi connectivity index (χ1v) is 11.2. The molecule has 28 heavy (non-hydrogen) atoms. The van der Waals surface area contributed by atoms with Crippen LogP contribution < -0.4 is 0 Å². The zero-order valence-corrected chi connectivity index (χ0v) is 16.7. The summed E-state index contributed by atoms with van der Waals surface area (Å²) < 4.78 is 31.0. The van der Waals surface area contributed by atoms with Crippen molar-refractivity contribution in [3.8, 4) is 0 Å². The summed E-state index contributed by atoms with van der Waals surface area (Å²) in [5, 5.41) is 4.74. The predicted octanol–water partition coefficient (Wildman–Crippen LogP) is 4.66. The van der Waals surface area contributed by atoms with E-state index in [2.05, 4.69) is 22.3 Å². The van der Waals surface area contributed by atoms with Crippen LogP contribution in [0.1, 0.15) is 49.4 Å². The molecule has 2 aliphatic rings. The van der Waals surface area contributed by atoms with Crippen molar-refractivity contribution < 1.29 is 12.9 Å². The van der Waals surface area contributed by atoms with Crippen LogP contribution in [0.25, 0.3) is 0 Å². The Kier molecular flexibility index (Phi) is 3.93. The lowest BCUT2D eigenvalue weighted by Gasteiger charge is -2.39. The first kappa shape index (κ1) is 17.9. The van der Waals surface area contributed by atoms with Gasteiger partial charge in [0, 0.05) is 5.02 Å². The number of nitrogens with zero attached hydrogens (tertiary/aromatic N) is 2. The molecule has 2 saturated carbocycles. The quantitative estimate of drug-likeness (QED) is 0.607. The van der Waals surface area contributed by atoms with Crippen molar-refractivity contribution in [1.82, 2.24) is 10.1 Å². The second-order valence-corrected chi connectivity index (χ2v) is 10.4. The highest BCUT2D eigenvalue weighted by Crippen LogP contribution is 2.56. The summed E-state index contributed by atoms with van der Waals surface area (Å²) in [4.78, 5) is 4.87. The molecule has 2 aliphatic carbocycles. The molecule has 0 bridgehead atoms. The van der Waals surface area contributed by atoms with E-state index in [1.165, 1.54) is 12.1 Å². The molecule has 0 radical (unpaired) electrons. The van der Waals surface area contributed by atoms with Gasteiger partial charge in [-0.1, -0.05) is 53.5 Å². The van der Waals surface area contributed by atoms with E-state index in [-0.39, 0.29) is 16.2 Å². The van der Waals surface area contributed by atoms with E-state index in [0.29, 0.717) is 23.7 Å². The third-order valence-electron chi connectivity index (χ3n) is 6.12. The Morgan fingerprint density at radius 1 is 0.929 bits per heavy atom. The molecule has 144 valence electrons. The highest BCUT2D eigenvalue weighted by Gasteiger charge is 2.61. The lowest BCUT2D eigenvalue weighted by molar-refractivity contribution is 0.270. The number of hydrogen-bond acceptors (Lipinski definition) is 5. The zero-order chi connectivity index (χ0) is 19.4. The van der Waals surface area contributed by atoms with Crippen LogP contribution in [-0.2, 0) is 20.0 Å². The van der Waals surface area contributed by atoms with Gasteiger partial charge in [-0.2, -0.15) is 4.98 Å². The minimum absolute atomic E-state index is 0.208. The molecule has 1 aromatic heterocycles. The number of halogens is 1. The minimum atomic E-state index is -3.64. The maximum atomic E-state index is 13.3. The van der Waals surface area contributed by atoms with Crippen molar-refractivity contribution in [1.29, 1.82) is 0 Å². The third kappa shape index (κ3) is 2.47. The average molecular weight is 415 g/mol. The summed E-state index contributed by atoms with van der Waals surface area (Å²) in [7, 11) is -3.64. The fraction of sp³-hybridized carbons (Fsp3) is 0.333. The van der Waals surface area contributed by atoms with Crippen LogP contribution >= 0.6 is 11.6 Å². The second kappa shape index (κ2) is 6.16. The molecule has 5 nitrogen and oxygen atoms in total. The fourth-order valence-corrected chi connectivity index (χ4v) is 6.11. The van der Waals surface area contributed by atoms with Crippen LogP contribution in [0.15, 0.2) is 64.0 Å². The van der Waals surface area contributed by atoms with Gasteiger partial charge in [-0.3, -0.25) is 0 Å². The molecule has 0 N–H and O–H groups in total. The summed E-state index contributed by atoms with van der Waals surface area (Å²) in [6, 6.07) is 16.4. The molecule has 2 aromatic carbocycles. The largest absolute Gasteiger partial charge is 0.338 e. The van der Waals surface area contributed by atoms with Crippen LogP contribution in [0, 0.1) is 0 Å². The SMILES string of the molecule is O=S(=O)(c1ccc(Cl)cc1)C1(c2nc(C3(c4ccccc4)CCC3)no2)CC1. The predicted molar refractivity (Wildman–Crippen MR) is 105 cm³/mol. The lowest BCUT2D eigenvalue weighted by Crippen LogP contribution is -2.36. The van der Waals surface area contributed by atoms with Crippen LogP contribution in [-0.4, -0.2) is 18.6 Å². The average Bonchev–Trinajstić information content (AvgIpc) is 3.35. The van der Waals surface area contributed by atoms with Gasteiger partial charge in [-0.15, -0.1) is 0 Å². The molecule has 7 heteroatoms. The van der Waals surface area contributed by atoms with E-state index in [1.54, 1.807) is 12.1 Å². The number of hydrogen-bond donors (Lipinski definition) is 0. The van der Waals surface area contributed by atoms with Crippen molar-refractivity contribution in [2.45, 2.75) is 47.2 Å². The Bertz CT molecular complexity index is 1120. The van der Waals surface area contributed by atoms with Gasteiger partial charge in [0.25, 0.3) is 0 Å². The van der Waals surface area contributed by atoms with Crippen LogP contribution in [0.4, 0.5) is 0 Å². The van der Waals surface area contributed by atoms with Gasteiger partial charge in [-0.05, 0) is 55.5 Å². The lowest BCUT2D eigenvalue weighted by atomic mass is 9.64. The van der Waals surface area contributed by atoms with Crippen molar-refractivity contribution >= 4 is 21.4 Å². The summed E-state index contributed by atoms with van der Waals surface area (Å²) in [6.07, 6.45) is 3.93. The molecule has 0 amide bonds. The standard InChI is InChI=1S/C21H19ClN2O3S/c22-16-7-9-17(10-8-16)28(25,26)21(13-14-21)19-23-18(24-27-19)20(11-4-12-20)15-5-2-1-3-6-15/h1-3,5-10H,4,11-14H2. The van der Waals surface area contributed by atoms with Gasteiger partial charge in [-0.25, -0.2) is 8.42 Å². The number of rotatable bonds is 5. The van der Waals surface area contributed by atoms with Crippen LogP contribution in [0.2, 0.25) is 5.02 Å². The molecular formula is C21H19ClN2O3S. The van der Waals surface area contributed by atoms with Crippen molar-refractivity contribution in [2.24, 2.45) is 0 Å². The molecule has 1 heterocycles. The number of benzene rings is 2. The van der Waals surface area contributed by atoms with Crippen molar-refractivity contribution in [2.75, 3.05) is 0 Å². The molecule has 0 unspecified atom stereocenters. The molecule has 0 atom stereocenters. The molecule has 5 rings (SSSR count). The fourth-order valence-electron chi connectivity index (χ4n) is 4.08. The number of aromatic nitrogens is 2. The van der Waals surface area contributed by atoms with E-state index >= 15 is 0 Å². The maximum absolute atomic E-state index is 13.3.